The first-order valence-electron chi connectivity index (χ1n) is 8.97. The Morgan fingerprint density at radius 2 is 1.64 bits per heavy atom. The van der Waals surface area contributed by atoms with Gasteiger partial charge in [0.05, 0.1) is 0 Å². The summed E-state index contributed by atoms with van der Waals surface area (Å²) in [5.74, 6) is 0.957. The Kier molecular flexibility index (Phi) is 6.68. The predicted molar refractivity (Wildman–Crippen MR) is 103 cm³/mol. The second kappa shape index (κ2) is 9.42. The number of rotatable bonds is 8. The Morgan fingerprint density at radius 1 is 0.920 bits per heavy atom. The molecule has 134 valence electrons. The number of nitrogens with zero attached hydrogens (tertiary/aromatic N) is 2. The molecule has 0 aliphatic carbocycles. The highest BCUT2D eigenvalue weighted by atomic mass is 16.5. The van der Waals surface area contributed by atoms with Gasteiger partial charge in [-0.05, 0) is 25.2 Å². The van der Waals surface area contributed by atoms with Crippen LogP contribution >= 0.6 is 0 Å². The summed E-state index contributed by atoms with van der Waals surface area (Å²) in [4.78, 5) is 4.84. The maximum absolute atomic E-state index is 6.05. The van der Waals surface area contributed by atoms with Crippen molar-refractivity contribution in [2.24, 2.45) is 0 Å². The molecule has 1 saturated heterocycles. The van der Waals surface area contributed by atoms with Crippen molar-refractivity contribution >= 4 is 5.69 Å². The molecule has 1 fully saturated rings. The Labute approximate surface area is 150 Å². The second-order valence-corrected chi connectivity index (χ2v) is 6.45. The molecule has 0 aromatic heterocycles. The molecule has 0 unspecified atom stereocenters. The average molecular weight is 340 g/mol. The van der Waals surface area contributed by atoms with Crippen LogP contribution in [-0.4, -0.2) is 56.2 Å². The molecular formula is C20H28N4O. The third-order valence-electron chi connectivity index (χ3n) is 4.52. The zero-order chi connectivity index (χ0) is 17.3. The number of hydrogen-bond acceptors (Lipinski definition) is 5. The number of anilines is 1. The van der Waals surface area contributed by atoms with E-state index in [1.165, 1.54) is 0 Å². The van der Waals surface area contributed by atoms with Crippen molar-refractivity contribution in [2.45, 2.75) is 6.54 Å². The molecule has 2 aromatic carbocycles. The van der Waals surface area contributed by atoms with E-state index in [0.717, 1.165) is 56.3 Å². The van der Waals surface area contributed by atoms with Crippen molar-refractivity contribution in [2.75, 3.05) is 51.8 Å². The number of hydrazine groups is 1. The van der Waals surface area contributed by atoms with Gasteiger partial charge in [0.25, 0.3) is 0 Å². The van der Waals surface area contributed by atoms with E-state index in [2.05, 4.69) is 33.8 Å². The van der Waals surface area contributed by atoms with Gasteiger partial charge in [-0.1, -0.05) is 36.4 Å². The minimum atomic E-state index is 0.708. The smallest absolute Gasteiger partial charge is 0.123 e. The molecule has 5 nitrogen and oxygen atoms in total. The summed E-state index contributed by atoms with van der Waals surface area (Å²) in [7, 11) is 2.18. The molecule has 1 aliphatic rings. The lowest BCUT2D eigenvalue weighted by atomic mass is 10.2. The monoisotopic (exact) mass is 340 g/mol. The first-order valence-corrected chi connectivity index (χ1v) is 8.97. The molecule has 2 N–H and O–H groups in total. The van der Waals surface area contributed by atoms with Crippen LogP contribution in [0, 0.1) is 0 Å². The van der Waals surface area contributed by atoms with E-state index >= 15 is 0 Å². The van der Waals surface area contributed by atoms with Crippen molar-refractivity contribution in [1.29, 1.82) is 0 Å². The minimum absolute atomic E-state index is 0.708. The molecule has 25 heavy (non-hydrogen) atoms. The topological polar surface area (TPSA) is 39.8 Å². The van der Waals surface area contributed by atoms with Gasteiger partial charge in [-0.15, -0.1) is 0 Å². The molecular weight excluding hydrogens is 312 g/mol. The van der Waals surface area contributed by atoms with Gasteiger partial charge in [-0.3, -0.25) is 4.90 Å². The molecule has 3 rings (SSSR count). The van der Waals surface area contributed by atoms with Crippen LogP contribution in [0.1, 0.15) is 5.56 Å². The normalized spacial score (nSPS) is 15.9. The van der Waals surface area contributed by atoms with Gasteiger partial charge in [-0.25, -0.2) is 5.43 Å². The van der Waals surface area contributed by atoms with Crippen LogP contribution in [0.4, 0.5) is 5.69 Å². The first-order chi connectivity index (χ1) is 12.3. The van der Waals surface area contributed by atoms with Crippen molar-refractivity contribution in [3.63, 3.8) is 0 Å². The zero-order valence-electron chi connectivity index (χ0n) is 14.9. The minimum Gasteiger partial charge on any atom is -0.492 e. The number of piperazine rings is 1. The quantitative estimate of drug-likeness (QED) is 0.722. The maximum atomic E-state index is 6.05. The van der Waals surface area contributed by atoms with E-state index in [1.807, 2.05) is 48.5 Å². The van der Waals surface area contributed by atoms with Crippen LogP contribution in [0.2, 0.25) is 0 Å². The van der Waals surface area contributed by atoms with E-state index in [9.17, 15) is 0 Å². The lowest BCUT2D eigenvalue weighted by molar-refractivity contribution is 0.133. The van der Waals surface area contributed by atoms with E-state index in [-0.39, 0.29) is 0 Å². The van der Waals surface area contributed by atoms with Crippen LogP contribution < -0.4 is 15.6 Å². The van der Waals surface area contributed by atoms with Gasteiger partial charge in [0.2, 0.25) is 0 Å². The highest BCUT2D eigenvalue weighted by Gasteiger charge is 2.13. The lowest BCUT2D eigenvalue weighted by Crippen LogP contribution is -2.45. The van der Waals surface area contributed by atoms with Crippen LogP contribution in [-0.2, 0) is 6.54 Å². The average Bonchev–Trinajstić information content (AvgIpc) is 2.65. The molecule has 0 bridgehead atoms. The Balaban J connectivity index is 1.44. The summed E-state index contributed by atoms with van der Waals surface area (Å²) in [5, 5.41) is 0. The maximum Gasteiger partial charge on any atom is 0.123 e. The summed E-state index contributed by atoms with van der Waals surface area (Å²) < 4.78 is 6.05. The zero-order valence-corrected chi connectivity index (χ0v) is 14.9. The third kappa shape index (κ3) is 5.74. The fourth-order valence-electron chi connectivity index (χ4n) is 2.91. The van der Waals surface area contributed by atoms with Gasteiger partial charge < -0.3 is 15.1 Å². The molecule has 0 saturated carbocycles. The number of hydrogen-bond donors (Lipinski definition) is 2. The summed E-state index contributed by atoms with van der Waals surface area (Å²) in [6, 6.07) is 18.3. The number of nitrogens with one attached hydrogen (secondary N) is 2. The van der Waals surface area contributed by atoms with Gasteiger partial charge in [0.1, 0.15) is 12.4 Å². The van der Waals surface area contributed by atoms with Crippen molar-refractivity contribution in [3.05, 3.63) is 60.2 Å². The van der Waals surface area contributed by atoms with Crippen LogP contribution in [0.15, 0.2) is 54.6 Å². The molecule has 2 aromatic rings. The molecule has 0 amide bonds. The van der Waals surface area contributed by atoms with Crippen LogP contribution in [0.3, 0.4) is 0 Å². The van der Waals surface area contributed by atoms with Gasteiger partial charge in [-0.2, -0.15) is 0 Å². The largest absolute Gasteiger partial charge is 0.492 e. The molecule has 0 atom stereocenters. The molecule has 5 heteroatoms. The number of benzene rings is 2. The van der Waals surface area contributed by atoms with Crippen molar-refractivity contribution in [1.82, 2.24) is 15.2 Å². The standard InChI is InChI=1S/C20H28N4O/c1-23-11-13-24(14-12-23)15-16-25-20-10-6-5-7-18(20)17-21-22-19-8-3-2-4-9-19/h2-10,21-22H,11-17H2,1H3. The first kappa shape index (κ1) is 17.7. The number of ether oxygens (including phenoxy) is 1. The Morgan fingerprint density at radius 3 is 2.44 bits per heavy atom. The third-order valence-corrected chi connectivity index (χ3v) is 4.52. The van der Waals surface area contributed by atoms with E-state index in [1.54, 1.807) is 0 Å². The molecule has 0 spiro atoms. The highest BCUT2D eigenvalue weighted by Crippen LogP contribution is 2.18. The molecule has 1 heterocycles. The van der Waals surface area contributed by atoms with Crippen LogP contribution in [0.25, 0.3) is 0 Å². The molecule has 1 aliphatic heterocycles. The fraction of sp³-hybridized carbons (Fsp3) is 0.400. The van der Waals surface area contributed by atoms with E-state index in [4.69, 9.17) is 4.74 Å². The summed E-state index contributed by atoms with van der Waals surface area (Å²) >= 11 is 0. The second-order valence-electron chi connectivity index (χ2n) is 6.45. The highest BCUT2D eigenvalue weighted by molar-refractivity contribution is 5.41. The Bertz CT molecular complexity index is 627. The van der Waals surface area contributed by atoms with E-state index < -0.39 is 0 Å². The van der Waals surface area contributed by atoms with Crippen molar-refractivity contribution < 1.29 is 4.74 Å². The van der Waals surface area contributed by atoms with E-state index in [0.29, 0.717) is 6.54 Å². The summed E-state index contributed by atoms with van der Waals surface area (Å²) in [5.41, 5.74) is 8.68. The fourth-order valence-corrected chi connectivity index (χ4v) is 2.91. The number of para-hydroxylation sites is 2. The van der Waals surface area contributed by atoms with Crippen LogP contribution in [0.5, 0.6) is 5.75 Å². The van der Waals surface area contributed by atoms with Gasteiger partial charge in [0.15, 0.2) is 0 Å². The lowest BCUT2D eigenvalue weighted by Gasteiger charge is -2.32. The summed E-state index contributed by atoms with van der Waals surface area (Å²) in [6.45, 7) is 6.97. The SMILES string of the molecule is CN1CCN(CCOc2ccccc2CNNc2ccccc2)CC1. The Hall–Kier alpha value is -2.08. The van der Waals surface area contributed by atoms with Gasteiger partial charge >= 0.3 is 0 Å². The van der Waals surface area contributed by atoms with Crippen molar-refractivity contribution in [3.8, 4) is 5.75 Å². The summed E-state index contributed by atoms with van der Waals surface area (Å²) in [6.07, 6.45) is 0. The number of likely N-dealkylation sites (N-methyl/N-ethyl adjacent to an activating group) is 1. The predicted octanol–water partition coefficient (Wildman–Crippen LogP) is 2.43. The van der Waals surface area contributed by atoms with Gasteiger partial charge in [0, 0.05) is 50.5 Å². The molecule has 0 radical (unpaired) electrons.